The lowest BCUT2D eigenvalue weighted by atomic mass is 10.1. The van der Waals surface area contributed by atoms with Crippen LogP contribution in [-0.2, 0) is 0 Å². The van der Waals surface area contributed by atoms with Crippen LogP contribution in [0, 0.1) is 5.92 Å². The van der Waals surface area contributed by atoms with Crippen molar-refractivity contribution in [2.75, 3.05) is 0 Å². The molecule has 27 heavy (non-hydrogen) atoms. The number of aliphatic hydroxyl groups excluding tert-OH is 1. The van der Waals surface area contributed by atoms with Crippen molar-refractivity contribution in [2.45, 2.75) is 26.7 Å². The van der Waals surface area contributed by atoms with Gasteiger partial charge >= 0.3 is 0 Å². The van der Waals surface area contributed by atoms with Crippen LogP contribution in [0.15, 0.2) is 103 Å². The third kappa shape index (κ3) is 4.15. The molecule has 1 N–H and O–H groups in total. The number of benzene rings is 3. The van der Waals surface area contributed by atoms with Gasteiger partial charge in [-0.1, -0.05) is 74.9 Å². The molecule has 1 unspecified atom stereocenters. The summed E-state index contributed by atoms with van der Waals surface area (Å²) < 4.78 is 0. The first-order chi connectivity index (χ1) is 13.2. The Hall–Kier alpha value is -2.37. The minimum atomic E-state index is -2.10. The molecular weight excluding hydrogens is 347 g/mol. The van der Waals surface area contributed by atoms with Crippen LogP contribution in [0.4, 0.5) is 0 Å². The first-order valence-electron chi connectivity index (χ1n) is 9.65. The van der Waals surface area contributed by atoms with Crippen molar-refractivity contribution in [1.29, 1.82) is 0 Å². The molecule has 3 aromatic rings. The third-order valence-corrected chi connectivity index (χ3v) is 9.03. The lowest BCUT2D eigenvalue weighted by molar-refractivity contribution is 0.331. The molecule has 0 spiro atoms. The molecule has 0 heterocycles. The Morgan fingerprint density at radius 3 is 1.48 bits per heavy atom. The van der Waals surface area contributed by atoms with Gasteiger partial charge in [-0.3, -0.25) is 0 Å². The summed E-state index contributed by atoms with van der Waals surface area (Å²) in [7, 11) is -2.10. The molecule has 138 valence electrons. The van der Waals surface area contributed by atoms with Crippen molar-refractivity contribution in [3.8, 4) is 0 Å². The summed E-state index contributed by atoms with van der Waals surface area (Å²) in [5.74, 6) is 2.83. The number of aliphatic hydroxyl groups is 1. The summed E-state index contributed by atoms with van der Waals surface area (Å²) in [4.78, 5) is 0. The van der Waals surface area contributed by atoms with Crippen LogP contribution in [0.2, 0.25) is 0 Å². The lowest BCUT2D eigenvalue weighted by Crippen LogP contribution is -2.30. The average Bonchev–Trinajstić information content (AvgIpc) is 2.74. The van der Waals surface area contributed by atoms with E-state index in [1.165, 1.54) is 15.9 Å². The summed E-state index contributed by atoms with van der Waals surface area (Å²) in [6, 6.07) is 31.9. The summed E-state index contributed by atoms with van der Waals surface area (Å²) in [5.41, 5.74) is 0. The Bertz CT molecular complexity index is 760. The van der Waals surface area contributed by atoms with E-state index in [2.05, 4.69) is 111 Å². The van der Waals surface area contributed by atoms with Crippen LogP contribution < -0.4 is 15.9 Å². The Labute approximate surface area is 163 Å². The Balaban J connectivity index is 2.31. The Morgan fingerprint density at radius 2 is 1.15 bits per heavy atom. The zero-order valence-electron chi connectivity index (χ0n) is 16.1. The fraction of sp³-hybridized carbons (Fsp3) is 0.200. The minimum absolute atomic E-state index is 0.158. The molecule has 3 rings (SSSR count). The third-order valence-electron chi connectivity index (χ3n) is 5.04. The quantitative estimate of drug-likeness (QED) is 0.408. The lowest BCUT2D eigenvalue weighted by Gasteiger charge is -2.25. The van der Waals surface area contributed by atoms with E-state index in [0.717, 1.165) is 12.8 Å². The molecule has 0 bridgehead atoms. The highest BCUT2D eigenvalue weighted by molar-refractivity contribution is 7.98. The van der Waals surface area contributed by atoms with Crippen LogP contribution in [0.25, 0.3) is 0 Å². The molecule has 0 fully saturated rings. The maximum Gasteiger partial charge on any atom is 0.140 e. The summed E-state index contributed by atoms with van der Waals surface area (Å²) in [6.45, 7) is 4.28. The van der Waals surface area contributed by atoms with Crippen LogP contribution >= 0.6 is 7.26 Å². The topological polar surface area (TPSA) is 20.2 Å². The van der Waals surface area contributed by atoms with Crippen LogP contribution in [-0.4, -0.2) is 5.11 Å². The zero-order chi connectivity index (χ0) is 19.1. The number of hydrogen-bond acceptors (Lipinski definition) is 1. The van der Waals surface area contributed by atoms with Gasteiger partial charge in [-0.2, -0.15) is 0 Å². The van der Waals surface area contributed by atoms with E-state index in [1.54, 1.807) is 0 Å². The Morgan fingerprint density at radius 1 is 0.778 bits per heavy atom. The van der Waals surface area contributed by atoms with E-state index in [4.69, 9.17) is 0 Å². The van der Waals surface area contributed by atoms with Crippen molar-refractivity contribution in [3.05, 3.63) is 103 Å². The molecule has 2 heteroatoms. The van der Waals surface area contributed by atoms with Gasteiger partial charge in [0.05, 0.1) is 0 Å². The van der Waals surface area contributed by atoms with Crippen molar-refractivity contribution >= 4 is 23.2 Å². The SMILES string of the molecule is CCCC(C)/C(O)=C/[P+](c1ccccc1)(c1ccccc1)c1ccccc1. The highest BCUT2D eigenvalue weighted by Crippen LogP contribution is 2.57. The number of allylic oxidation sites excluding steroid dienone is 1. The number of rotatable bonds is 7. The fourth-order valence-electron chi connectivity index (χ4n) is 3.57. The number of hydrogen-bond donors (Lipinski definition) is 1. The van der Waals surface area contributed by atoms with E-state index in [9.17, 15) is 5.11 Å². The van der Waals surface area contributed by atoms with Gasteiger partial charge in [0.2, 0.25) is 0 Å². The smallest absolute Gasteiger partial charge is 0.140 e. The van der Waals surface area contributed by atoms with Crippen LogP contribution in [0.1, 0.15) is 26.7 Å². The fourth-order valence-corrected chi connectivity index (χ4v) is 7.49. The predicted molar refractivity (Wildman–Crippen MR) is 120 cm³/mol. The molecule has 0 radical (unpaired) electrons. The van der Waals surface area contributed by atoms with Gasteiger partial charge in [0.25, 0.3) is 0 Å². The van der Waals surface area contributed by atoms with E-state index in [1.807, 2.05) is 0 Å². The minimum Gasteiger partial charge on any atom is -0.509 e. The second-order valence-electron chi connectivity index (χ2n) is 6.97. The van der Waals surface area contributed by atoms with E-state index < -0.39 is 7.26 Å². The van der Waals surface area contributed by atoms with Gasteiger partial charge in [0.15, 0.2) is 0 Å². The molecule has 0 saturated heterocycles. The largest absolute Gasteiger partial charge is 0.509 e. The molecule has 0 aliphatic rings. The maximum absolute atomic E-state index is 11.1. The molecule has 0 aromatic heterocycles. The van der Waals surface area contributed by atoms with Gasteiger partial charge < -0.3 is 5.11 Å². The molecule has 1 atom stereocenters. The molecule has 0 amide bonds. The second-order valence-corrected chi connectivity index (χ2v) is 10.2. The van der Waals surface area contributed by atoms with Gasteiger partial charge in [0.1, 0.15) is 34.8 Å². The van der Waals surface area contributed by atoms with E-state index in [0.29, 0.717) is 5.76 Å². The van der Waals surface area contributed by atoms with Gasteiger partial charge in [-0.05, 0) is 42.8 Å². The van der Waals surface area contributed by atoms with Crippen LogP contribution in [0.5, 0.6) is 0 Å². The second kappa shape index (κ2) is 9.02. The standard InChI is InChI=1S/C25H27OP/c1-3-13-21(2)25(26)20-27(22-14-7-4-8-15-22,23-16-9-5-10-17-23)24-18-11-6-12-19-24/h4-12,14-21H,3,13H2,1-2H3/p+1/b25-20-. The van der Waals surface area contributed by atoms with E-state index in [-0.39, 0.29) is 5.92 Å². The summed E-state index contributed by atoms with van der Waals surface area (Å²) >= 11 is 0. The predicted octanol–water partition coefficient (Wildman–Crippen LogP) is 5.82. The summed E-state index contributed by atoms with van der Waals surface area (Å²) in [6.07, 6.45) is 2.05. The van der Waals surface area contributed by atoms with Crippen LogP contribution in [0.3, 0.4) is 0 Å². The Kier molecular flexibility index (Phi) is 6.48. The average molecular weight is 375 g/mol. The monoisotopic (exact) mass is 375 g/mol. The molecule has 3 aromatic carbocycles. The van der Waals surface area contributed by atoms with Gasteiger partial charge in [-0.25, -0.2) is 0 Å². The maximum atomic E-state index is 11.1. The molecule has 0 aliphatic heterocycles. The molecule has 1 nitrogen and oxygen atoms in total. The normalized spacial score (nSPS) is 13.3. The summed E-state index contributed by atoms with van der Waals surface area (Å²) in [5, 5.41) is 14.8. The van der Waals surface area contributed by atoms with Crippen molar-refractivity contribution in [2.24, 2.45) is 5.92 Å². The first kappa shape index (κ1) is 19.4. The van der Waals surface area contributed by atoms with Crippen molar-refractivity contribution in [1.82, 2.24) is 0 Å². The molecule has 0 aliphatic carbocycles. The van der Waals surface area contributed by atoms with E-state index >= 15 is 0 Å². The highest BCUT2D eigenvalue weighted by Gasteiger charge is 2.44. The molecular formula is C25H28OP+. The van der Waals surface area contributed by atoms with Crippen molar-refractivity contribution < 1.29 is 5.11 Å². The van der Waals surface area contributed by atoms with Crippen molar-refractivity contribution in [3.63, 3.8) is 0 Å². The first-order valence-corrected chi connectivity index (χ1v) is 11.5. The highest BCUT2D eigenvalue weighted by atomic mass is 31.2. The molecule has 0 saturated carbocycles. The van der Waals surface area contributed by atoms with Gasteiger partial charge in [0, 0.05) is 5.92 Å². The zero-order valence-corrected chi connectivity index (χ0v) is 17.0. The van der Waals surface area contributed by atoms with Gasteiger partial charge in [-0.15, -0.1) is 0 Å².